The Hall–Kier alpha value is -2.11. The molecular formula is C19H26O6. The van der Waals surface area contributed by atoms with Crippen molar-refractivity contribution in [3.63, 3.8) is 0 Å². The Labute approximate surface area is 148 Å². The lowest BCUT2D eigenvalue weighted by molar-refractivity contribution is -0.170. The highest BCUT2D eigenvalue weighted by atomic mass is 16.6. The topological polar surface area (TPSA) is 78.9 Å². The minimum atomic E-state index is -0.646. The summed E-state index contributed by atoms with van der Waals surface area (Å²) in [5.41, 5.74) is 0.456. The summed E-state index contributed by atoms with van der Waals surface area (Å²) in [5, 5.41) is 0. The SMILES string of the molecule is CC=C(C)C(=O)OC1CCC2CC(C(=O)OC)=CC2(C)C1C(=O)OC. The van der Waals surface area contributed by atoms with Gasteiger partial charge < -0.3 is 14.2 Å². The van der Waals surface area contributed by atoms with Gasteiger partial charge in [-0.05, 0) is 39.0 Å². The molecule has 0 aliphatic heterocycles. The summed E-state index contributed by atoms with van der Waals surface area (Å²) in [4.78, 5) is 36.6. The first-order chi connectivity index (χ1) is 11.8. The second-order valence-corrected chi connectivity index (χ2v) is 6.92. The van der Waals surface area contributed by atoms with E-state index in [0.29, 0.717) is 24.0 Å². The van der Waals surface area contributed by atoms with E-state index < -0.39 is 29.4 Å². The number of allylic oxidation sites excluding steroid dienone is 2. The average molecular weight is 350 g/mol. The third-order valence-corrected chi connectivity index (χ3v) is 5.59. The molecule has 25 heavy (non-hydrogen) atoms. The van der Waals surface area contributed by atoms with E-state index in [4.69, 9.17) is 14.2 Å². The van der Waals surface area contributed by atoms with Gasteiger partial charge in [-0.25, -0.2) is 9.59 Å². The van der Waals surface area contributed by atoms with Crippen LogP contribution >= 0.6 is 0 Å². The van der Waals surface area contributed by atoms with Gasteiger partial charge >= 0.3 is 17.9 Å². The van der Waals surface area contributed by atoms with Gasteiger partial charge in [0, 0.05) is 16.6 Å². The van der Waals surface area contributed by atoms with Crippen LogP contribution in [0.5, 0.6) is 0 Å². The Morgan fingerprint density at radius 3 is 2.44 bits per heavy atom. The normalized spacial score (nSPS) is 31.6. The van der Waals surface area contributed by atoms with Crippen LogP contribution in [0, 0.1) is 17.3 Å². The molecule has 4 unspecified atom stereocenters. The van der Waals surface area contributed by atoms with Crippen molar-refractivity contribution in [2.45, 2.75) is 46.1 Å². The van der Waals surface area contributed by atoms with Gasteiger partial charge in [0.2, 0.25) is 0 Å². The van der Waals surface area contributed by atoms with Gasteiger partial charge in [0.1, 0.15) is 12.0 Å². The van der Waals surface area contributed by atoms with E-state index in [1.807, 2.05) is 13.0 Å². The van der Waals surface area contributed by atoms with Crippen LogP contribution in [0.1, 0.15) is 40.0 Å². The Morgan fingerprint density at radius 2 is 1.88 bits per heavy atom. The van der Waals surface area contributed by atoms with E-state index in [9.17, 15) is 14.4 Å². The molecule has 0 heterocycles. The molecule has 0 N–H and O–H groups in total. The van der Waals surface area contributed by atoms with Crippen molar-refractivity contribution in [3.8, 4) is 0 Å². The van der Waals surface area contributed by atoms with E-state index >= 15 is 0 Å². The zero-order valence-corrected chi connectivity index (χ0v) is 15.5. The summed E-state index contributed by atoms with van der Waals surface area (Å²) in [7, 11) is 2.67. The molecule has 0 bridgehead atoms. The molecular weight excluding hydrogens is 324 g/mol. The lowest BCUT2D eigenvalue weighted by Crippen LogP contribution is -2.49. The number of ether oxygens (including phenoxy) is 3. The van der Waals surface area contributed by atoms with Crippen LogP contribution in [0.15, 0.2) is 23.3 Å². The first-order valence-electron chi connectivity index (χ1n) is 8.50. The molecule has 1 saturated carbocycles. The summed E-state index contributed by atoms with van der Waals surface area (Å²) >= 11 is 0. The molecule has 6 nitrogen and oxygen atoms in total. The standard InChI is InChI=1S/C19H26O6/c1-6-11(2)16(20)25-14-8-7-13-9-12(17(21)23-4)10-19(13,3)15(14)18(22)24-5/h6,10,13-15H,7-9H2,1-5H3. The molecule has 0 aromatic rings. The van der Waals surface area contributed by atoms with Gasteiger partial charge in [-0.15, -0.1) is 0 Å². The van der Waals surface area contributed by atoms with E-state index in [-0.39, 0.29) is 11.9 Å². The van der Waals surface area contributed by atoms with Crippen LogP contribution in [-0.4, -0.2) is 38.2 Å². The fourth-order valence-corrected chi connectivity index (χ4v) is 4.01. The number of hydrogen-bond acceptors (Lipinski definition) is 6. The summed E-state index contributed by atoms with van der Waals surface area (Å²) < 4.78 is 15.4. The summed E-state index contributed by atoms with van der Waals surface area (Å²) in [6.07, 6.45) is 4.79. The van der Waals surface area contributed by atoms with Crippen molar-refractivity contribution in [1.29, 1.82) is 0 Å². The van der Waals surface area contributed by atoms with E-state index in [2.05, 4.69) is 0 Å². The molecule has 4 atom stereocenters. The Morgan fingerprint density at radius 1 is 1.20 bits per heavy atom. The number of methoxy groups -OCH3 is 2. The van der Waals surface area contributed by atoms with Crippen molar-refractivity contribution in [1.82, 2.24) is 0 Å². The predicted molar refractivity (Wildman–Crippen MR) is 90.4 cm³/mol. The molecule has 0 radical (unpaired) electrons. The minimum absolute atomic E-state index is 0.114. The maximum atomic E-state index is 12.5. The second kappa shape index (κ2) is 7.42. The van der Waals surface area contributed by atoms with Crippen LogP contribution in [-0.2, 0) is 28.6 Å². The number of hydrogen-bond donors (Lipinski definition) is 0. The van der Waals surface area contributed by atoms with Crippen LogP contribution in [0.2, 0.25) is 0 Å². The van der Waals surface area contributed by atoms with E-state index in [1.165, 1.54) is 14.2 Å². The molecule has 2 aliphatic carbocycles. The third-order valence-electron chi connectivity index (χ3n) is 5.59. The number of carbonyl (C=O) groups excluding carboxylic acids is 3. The molecule has 0 saturated heterocycles. The van der Waals surface area contributed by atoms with Crippen molar-refractivity contribution in [3.05, 3.63) is 23.3 Å². The van der Waals surface area contributed by atoms with E-state index in [0.717, 1.165) is 6.42 Å². The van der Waals surface area contributed by atoms with Gasteiger partial charge in [0.05, 0.1) is 14.2 Å². The van der Waals surface area contributed by atoms with Crippen LogP contribution in [0.25, 0.3) is 0 Å². The van der Waals surface area contributed by atoms with Gasteiger partial charge in [-0.2, -0.15) is 0 Å². The number of esters is 3. The Balaban J connectivity index is 2.36. The first kappa shape index (κ1) is 19.2. The number of fused-ring (bicyclic) bond motifs is 1. The number of rotatable bonds is 4. The fourth-order valence-electron chi connectivity index (χ4n) is 4.01. The van der Waals surface area contributed by atoms with Crippen LogP contribution < -0.4 is 0 Å². The van der Waals surface area contributed by atoms with Crippen molar-refractivity contribution in [2.24, 2.45) is 17.3 Å². The number of carbonyl (C=O) groups is 3. The molecule has 2 aliphatic rings. The zero-order chi connectivity index (χ0) is 18.8. The fraction of sp³-hybridized carbons (Fsp3) is 0.632. The lowest BCUT2D eigenvalue weighted by Gasteiger charge is -2.45. The Bertz CT molecular complexity index is 632. The highest BCUT2D eigenvalue weighted by Gasteiger charge is 2.56. The largest absolute Gasteiger partial charge is 0.469 e. The predicted octanol–water partition coefficient (Wildman–Crippen LogP) is 2.57. The molecule has 1 fully saturated rings. The molecule has 0 spiro atoms. The van der Waals surface area contributed by atoms with E-state index in [1.54, 1.807) is 19.9 Å². The molecule has 6 heteroatoms. The maximum Gasteiger partial charge on any atom is 0.333 e. The zero-order valence-electron chi connectivity index (χ0n) is 15.5. The van der Waals surface area contributed by atoms with Gasteiger partial charge in [-0.1, -0.05) is 19.1 Å². The maximum absolute atomic E-state index is 12.5. The summed E-state index contributed by atoms with van der Waals surface area (Å²) in [6, 6.07) is 0. The quantitative estimate of drug-likeness (QED) is 0.440. The van der Waals surface area contributed by atoms with Gasteiger partial charge in [-0.3, -0.25) is 4.79 Å². The third kappa shape index (κ3) is 3.48. The molecule has 0 aromatic heterocycles. The van der Waals surface area contributed by atoms with Crippen LogP contribution in [0.3, 0.4) is 0 Å². The molecule has 138 valence electrons. The highest BCUT2D eigenvalue weighted by Crippen LogP contribution is 2.54. The molecule has 2 rings (SSSR count). The first-order valence-corrected chi connectivity index (χ1v) is 8.50. The van der Waals surface area contributed by atoms with Crippen molar-refractivity contribution >= 4 is 17.9 Å². The van der Waals surface area contributed by atoms with Crippen molar-refractivity contribution < 1.29 is 28.6 Å². The van der Waals surface area contributed by atoms with Crippen molar-refractivity contribution in [2.75, 3.05) is 14.2 Å². The monoisotopic (exact) mass is 350 g/mol. The lowest BCUT2D eigenvalue weighted by atomic mass is 9.61. The smallest absolute Gasteiger partial charge is 0.333 e. The summed E-state index contributed by atoms with van der Waals surface area (Å²) in [5.74, 6) is -1.77. The molecule has 0 aromatic carbocycles. The minimum Gasteiger partial charge on any atom is -0.469 e. The summed E-state index contributed by atoms with van der Waals surface area (Å²) in [6.45, 7) is 5.36. The van der Waals surface area contributed by atoms with Gasteiger partial charge in [0.25, 0.3) is 0 Å². The van der Waals surface area contributed by atoms with Gasteiger partial charge in [0.15, 0.2) is 0 Å². The Kier molecular flexibility index (Phi) is 5.70. The van der Waals surface area contributed by atoms with Crippen LogP contribution in [0.4, 0.5) is 0 Å². The molecule has 0 amide bonds. The second-order valence-electron chi connectivity index (χ2n) is 6.92. The average Bonchev–Trinajstić information content (AvgIpc) is 2.96. The highest BCUT2D eigenvalue weighted by molar-refractivity contribution is 5.90.